The molecule has 1 aliphatic rings. The van der Waals surface area contributed by atoms with Gasteiger partial charge in [0.25, 0.3) is 0 Å². The van der Waals surface area contributed by atoms with Gasteiger partial charge in [0.1, 0.15) is 5.82 Å². The summed E-state index contributed by atoms with van der Waals surface area (Å²) in [6, 6.07) is 0.711. The first-order chi connectivity index (χ1) is 9.20. The Kier molecular flexibility index (Phi) is 5.40. The molecule has 0 radical (unpaired) electrons. The van der Waals surface area contributed by atoms with Gasteiger partial charge < -0.3 is 9.88 Å². The summed E-state index contributed by atoms with van der Waals surface area (Å²) in [6.45, 7) is 5.41. The van der Waals surface area contributed by atoms with Crippen molar-refractivity contribution in [2.45, 2.75) is 45.2 Å². The van der Waals surface area contributed by atoms with E-state index in [1.165, 1.54) is 32.2 Å². The number of aromatic nitrogens is 2. The van der Waals surface area contributed by atoms with Gasteiger partial charge >= 0.3 is 0 Å². The Hall–Kier alpha value is -0.870. The minimum atomic E-state index is 0.711. The second kappa shape index (κ2) is 7.06. The summed E-state index contributed by atoms with van der Waals surface area (Å²) < 4.78 is 2.11. The molecule has 0 aromatic carbocycles. The van der Waals surface area contributed by atoms with Crippen LogP contribution >= 0.6 is 0 Å². The molecule has 4 nitrogen and oxygen atoms in total. The Morgan fingerprint density at radius 3 is 2.89 bits per heavy atom. The SMILES string of the molecule is CCNC1CCCCC1CN(C)Cc1nccn1C. The van der Waals surface area contributed by atoms with Crippen LogP contribution in [-0.2, 0) is 13.6 Å². The number of nitrogens with zero attached hydrogens (tertiary/aromatic N) is 3. The van der Waals surface area contributed by atoms with Crippen LogP contribution in [0.2, 0.25) is 0 Å². The fourth-order valence-corrected chi connectivity index (χ4v) is 3.21. The lowest BCUT2D eigenvalue weighted by atomic mass is 9.84. The molecule has 108 valence electrons. The fraction of sp³-hybridized carbons (Fsp3) is 0.800. The molecule has 2 unspecified atom stereocenters. The van der Waals surface area contributed by atoms with Crippen LogP contribution in [0.4, 0.5) is 0 Å². The van der Waals surface area contributed by atoms with Gasteiger partial charge in [0.05, 0.1) is 6.54 Å². The number of nitrogens with one attached hydrogen (secondary N) is 1. The summed E-state index contributed by atoms with van der Waals surface area (Å²) in [5.74, 6) is 1.94. The summed E-state index contributed by atoms with van der Waals surface area (Å²) in [5.41, 5.74) is 0. The van der Waals surface area contributed by atoms with Crippen LogP contribution in [0, 0.1) is 5.92 Å². The number of rotatable bonds is 6. The second-order valence-corrected chi connectivity index (χ2v) is 5.86. The van der Waals surface area contributed by atoms with Gasteiger partial charge in [0.2, 0.25) is 0 Å². The Labute approximate surface area is 117 Å². The molecule has 1 aromatic heterocycles. The molecule has 1 aromatic rings. The van der Waals surface area contributed by atoms with Gasteiger partial charge in [0, 0.05) is 32.0 Å². The standard InChI is InChI=1S/C15H28N4/c1-4-16-14-8-6-5-7-13(14)11-18(2)12-15-17-9-10-19(15)3/h9-10,13-14,16H,4-8,11-12H2,1-3H3. The summed E-state index contributed by atoms with van der Waals surface area (Å²) in [6.07, 6.45) is 9.38. The largest absolute Gasteiger partial charge is 0.337 e. The van der Waals surface area contributed by atoms with Crippen molar-refractivity contribution in [3.8, 4) is 0 Å². The average Bonchev–Trinajstić information content (AvgIpc) is 2.78. The van der Waals surface area contributed by atoms with Crippen molar-refractivity contribution in [2.75, 3.05) is 20.1 Å². The third kappa shape index (κ3) is 4.05. The number of imidazole rings is 1. The fourth-order valence-electron chi connectivity index (χ4n) is 3.21. The van der Waals surface area contributed by atoms with Crippen LogP contribution in [-0.4, -0.2) is 40.6 Å². The summed E-state index contributed by atoms with van der Waals surface area (Å²) in [7, 11) is 4.28. The van der Waals surface area contributed by atoms with Crippen LogP contribution in [0.3, 0.4) is 0 Å². The van der Waals surface area contributed by atoms with Crippen molar-refractivity contribution in [3.05, 3.63) is 18.2 Å². The number of hydrogen-bond acceptors (Lipinski definition) is 3. The van der Waals surface area contributed by atoms with Crippen molar-refractivity contribution in [1.29, 1.82) is 0 Å². The first-order valence-corrected chi connectivity index (χ1v) is 7.58. The quantitative estimate of drug-likeness (QED) is 0.853. The van der Waals surface area contributed by atoms with E-state index < -0.39 is 0 Å². The predicted molar refractivity (Wildman–Crippen MR) is 79.0 cm³/mol. The minimum Gasteiger partial charge on any atom is -0.337 e. The van der Waals surface area contributed by atoms with Gasteiger partial charge in [-0.15, -0.1) is 0 Å². The van der Waals surface area contributed by atoms with E-state index in [9.17, 15) is 0 Å². The van der Waals surface area contributed by atoms with E-state index in [4.69, 9.17) is 0 Å². The van der Waals surface area contributed by atoms with Crippen molar-refractivity contribution in [2.24, 2.45) is 13.0 Å². The molecule has 2 atom stereocenters. The zero-order chi connectivity index (χ0) is 13.7. The molecule has 2 rings (SSSR count). The topological polar surface area (TPSA) is 33.1 Å². The second-order valence-electron chi connectivity index (χ2n) is 5.86. The van der Waals surface area contributed by atoms with Crippen LogP contribution in [0.5, 0.6) is 0 Å². The molecule has 0 aliphatic heterocycles. The van der Waals surface area contributed by atoms with Crippen LogP contribution in [0.25, 0.3) is 0 Å². The van der Waals surface area contributed by atoms with E-state index in [1.54, 1.807) is 0 Å². The highest BCUT2D eigenvalue weighted by atomic mass is 15.2. The molecule has 0 saturated heterocycles. The van der Waals surface area contributed by atoms with Crippen LogP contribution in [0.15, 0.2) is 12.4 Å². The van der Waals surface area contributed by atoms with E-state index in [0.717, 1.165) is 24.8 Å². The van der Waals surface area contributed by atoms with E-state index in [1.807, 2.05) is 12.4 Å². The van der Waals surface area contributed by atoms with E-state index in [0.29, 0.717) is 6.04 Å². The van der Waals surface area contributed by atoms with Gasteiger partial charge in [-0.05, 0) is 32.4 Å². The number of hydrogen-bond donors (Lipinski definition) is 1. The summed E-state index contributed by atoms with van der Waals surface area (Å²) in [5, 5.41) is 3.66. The van der Waals surface area contributed by atoms with Gasteiger partial charge in [-0.3, -0.25) is 4.90 Å². The molecule has 19 heavy (non-hydrogen) atoms. The average molecular weight is 264 g/mol. The summed E-state index contributed by atoms with van der Waals surface area (Å²) in [4.78, 5) is 6.83. The van der Waals surface area contributed by atoms with Crippen LogP contribution < -0.4 is 5.32 Å². The third-order valence-corrected chi connectivity index (χ3v) is 4.25. The van der Waals surface area contributed by atoms with E-state index in [2.05, 4.69) is 40.8 Å². The van der Waals surface area contributed by atoms with Crippen molar-refractivity contribution in [3.63, 3.8) is 0 Å². The third-order valence-electron chi connectivity index (χ3n) is 4.25. The van der Waals surface area contributed by atoms with E-state index >= 15 is 0 Å². The van der Waals surface area contributed by atoms with Crippen molar-refractivity contribution >= 4 is 0 Å². The van der Waals surface area contributed by atoms with Gasteiger partial charge in [-0.2, -0.15) is 0 Å². The molecule has 1 N–H and O–H groups in total. The normalized spacial score (nSPS) is 24.0. The lowest BCUT2D eigenvalue weighted by Gasteiger charge is -2.34. The molecular formula is C15H28N4. The predicted octanol–water partition coefficient (Wildman–Crippen LogP) is 2.02. The van der Waals surface area contributed by atoms with Gasteiger partial charge in [-0.25, -0.2) is 4.98 Å². The first-order valence-electron chi connectivity index (χ1n) is 7.58. The Balaban J connectivity index is 1.86. The first kappa shape index (κ1) is 14.5. The summed E-state index contributed by atoms with van der Waals surface area (Å²) >= 11 is 0. The highest BCUT2D eigenvalue weighted by molar-refractivity contribution is 4.91. The maximum Gasteiger partial charge on any atom is 0.122 e. The molecular weight excluding hydrogens is 236 g/mol. The molecule has 1 fully saturated rings. The monoisotopic (exact) mass is 264 g/mol. The highest BCUT2D eigenvalue weighted by Gasteiger charge is 2.25. The Morgan fingerprint density at radius 1 is 1.42 bits per heavy atom. The molecule has 1 aliphatic carbocycles. The molecule has 0 spiro atoms. The Bertz CT molecular complexity index is 372. The molecule has 1 saturated carbocycles. The minimum absolute atomic E-state index is 0.711. The van der Waals surface area contributed by atoms with Gasteiger partial charge in [0.15, 0.2) is 0 Å². The smallest absolute Gasteiger partial charge is 0.122 e. The van der Waals surface area contributed by atoms with E-state index in [-0.39, 0.29) is 0 Å². The lowest BCUT2D eigenvalue weighted by Crippen LogP contribution is -2.43. The number of aryl methyl sites for hydroxylation is 1. The molecule has 4 heteroatoms. The molecule has 1 heterocycles. The van der Waals surface area contributed by atoms with Crippen molar-refractivity contribution < 1.29 is 0 Å². The molecule has 0 amide bonds. The lowest BCUT2D eigenvalue weighted by molar-refractivity contribution is 0.183. The Morgan fingerprint density at radius 2 is 2.21 bits per heavy atom. The maximum atomic E-state index is 4.41. The zero-order valence-corrected chi connectivity index (χ0v) is 12.6. The highest BCUT2D eigenvalue weighted by Crippen LogP contribution is 2.25. The van der Waals surface area contributed by atoms with Gasteiger partial charge in [-0.1, -0.05) is 19.8 Å². The molecule has 0 bridgehead atoms. The van der Waals surface area contributed by atoms with Crippen molar-refractivity contribution in [1.82, 2.24) is 19.8 Å². The maximum absolute atomic E-state index is 4.41. The zero-order valence-electron chi connectivity index (χ0n) is 12.6. The van der Waals surface area contributed by atoms with Crippen LogP contribution in [0.1, 0.15) is 38.4 Å².